The van der Waals surface area contributed by atoms with Crippen LogP contribution in [0.1, 0.15) is 133 Å². The van der Waals surface area contributed by atoms with E-state index in [2.05, 4.69) is 15.6 Å². The van der Waals surface area contributed by atoms with Crippen LogP contribution in [0.5, 0.6) is 5.75 Å². The molecule has 3 amide bonds. The van der Waals surface area contributed by atoms with Gasteiger partial charge in [0.05, 0.1) is 46.9 Å². The van der Waals surface area contributed by atoms with Crippen molar-refractivity contribution in [2.75, 3.05) is 39.5 Å². The van der Waals surface area contributed by atoms with Crippen LogP contribution in [0.2, 0.25) is 0 Å². The molecule has 1 aliphatic carbocycles. The van der Waals surface area contributed by atoms with Crippen molar-refractivity contribution in [2.45, 2.75) is 149 Å². The number of aromatic hydroxyl groups is 1. The first-order chi connectivity index (χ1) is 39.4. The number of nitrogens with two attached hydrogens (primary N) is 1. The van der Waals surface area contributed by atoms with Crippen LogP contribution in [0.25, 0.3) is 22.3 Å². The van der Waals surface area contributed by atoms with Crippen LogP contribution in [-0.4, -0.2) is 127 Å². The summed E-state index contributed by atoms with van der Waals surface area (Å²) in [7, 11) is 0. The van der Waals surface area contributed by atoms with Crippen LogP contribution >= 0.6 is 0 Å². The molecule has 3 aromatic heterocycles. The Balaban J connectivity index is 0.756. The van der Waals surface area contributed by atoms with Crippen molar-refractivity contribution in [3.05, 3.63) is 80.9 Å². The standard InChI is InChI=1S/C59H74N8O15/c1-5-43-44-25-40(68)17-18-48(44)61-54-45(43)29-66-50(54)26-47-46(56(66)75)32-80-57(76)59(47,6-2)82-58(77)81-33-49(35(3)4)62-55(74)38(10-7-8-22-60)24-42(70)31-79-30-41(69)11-9-23-78-34-65-28-39(63-64-65)16-19-51(71)37-14-12-36(13-15-37)27-67-52(72)20-21-53(67)73/h17-18,20-21,25-26,28,35-38,49,68H,5-16,19,22-24,27,29-34,60H2,1-4H3,(H,62,74). The summed E-state index contributed by atoms with van der Waals surface area (Å²) in [6.07, 6.45) is 9.18. The average molecular weight is 1140 g/mol. The number of phenolic OH excluding ortho intramolecular Hbond substituents is 1. The van der Waals surface area contributed by atoms with Crippen molar-refractivity contribution >= 4 is 58.1 Å². The summed E-state index contributed by atoms with van der Waals surface area (Å²) in [6, 6.07) is 5.79. The molecule has 1 saturated carbocycles. The molecule has 1 fully saturated rings. The minimum absolute atomic E-state index is 0.0562. The molecule has 440 valence electrons. The second-order valence-corrected chi connectivity index (χ2v) is 22.0. The second-order valence-electron chi connectivity index (χ2n) is 22.0. The normalized spacial score (nSPS) is 19.0. The van der Waals surface area contributed by atoms with Gasteiger partial charge in [0.25, 0.3) is 17.4 Å². The number of unbranched alkanes of at least 4 members (excludes halogenated alkanes) is 1. The topological polar surface area (TPSA) is 310 Å². The number of hydrogen-bond donors (Lipinski definition) is 3. The molecular formula is C59H74N8O15. The van der Waals surface area contributed by atoms with E-state index >= 15 is 0 Å². The van der Waals surface area contributed by atoms with E-state index < -0.39 is 41.2 Å². The molecule has 3 aliphatic heterocycles. The smallest absolute Gasteiger partial charge is 0.508 e. The Kier molecular flexibility index (Phi) is 20.3. The third-order valence-electron chi connectivity index (χ3n) is 16.1. The minimum atomic E-state index is -2.05. The van der Waals surface area contributed by atoms with E-state index in [-0.39, 0.29) is 129 Å². The van der Waals surface area contributed by atoms with Crippen molar-refractivity contribution in [1.29, 1.82) is 0 Å². The number of hydrogen-bond acceptors (Lipinski definition) is 19. The van der Waals surface area contributed by atoms with Gasteiger partial charge in [-0.05, 0) is 106 Å². The molecule has 6 heterocycles. The highest BCUT2D eigenvalue weighted by Crippen LogP contribution is 2.43. The van der Waals surface area contributed by atoms with E-state index in [0.29, 0.717) is 80.6 Å². The van der Waals surface area contributed by atoms with Gasteiger partial charge in [0.2, 0.25) is 11.5 Å². The number of nitrogens with zero attached hydrogens (tertiary/aromatic N) is 6. The van der Waals surface area contributed by atoms with Crippen molar-refractivity contribution in [1.82, 2.24) is 34.8 Å². The van der Waals surface area contributed by atoms with Gasteiger partial charge < -0.3 is 44.4 Å². The first-order valence-electron chi connectivity index (χ1n) is 28.5. The second kappa shape index (κ2) is 27.5. The molecule has 4 aromatic rings. The highest BCUT2D eigenvalue weighted by molar-refractivity contribution is 6.12. The molecule has 0 radical (unpaired) electrons. The number of aryl methyl sites for hydroxylation is 2. The number of carbonyl (C=O) groups is 8. The molecule has 4 N–H and O–H groups in total. The third kappa shape index (κ3) is 14.2. The van der Waals surface area contributed by atoms with Gasteiger partial charge >= 0.3 is 12.1 Å². The fourth-order valence-electron chi connectivity index (χ4n) is 11.3. The van der Waals surface area contributed by atoms with Crippen LogP contribution in [0.3, 0.4) is 0 Å². The van der Waals surface area contributed by atoms with Crippen LogP contribution in [-0.2, 0) is 95.6 Å². The maximum absolute atomic E-state index is 14.2. The number of Topliss-reactive ketones (excluding diaryl/α,β-unsaturated/α-hetero) is 3. The predicted octanol–water partition coefficient (Wildman–Crippen LogP) is 5.22. The monoisotopic (exact) mass is 1130 g/mol. The maximum Gasteiger partial charge on any atom is 0.509 e. The zero-order valence-corrected chi connectivity index (χ0v) is 47.1. The number of benzene rings is 1. The third-order valence-corrected chi connectivity index (χ3v) is 16.1. The number of pyridine rings is 2. The number of rotatable bonds is 30. The van der Waals surface area contributed by atoms with Crippen LogP contribution in [0.15, 0.2) is 47.4 Å². The SMILES string of the molecule is CCc1c2c(nc3ccc(O)cc13)-c1cc3c(c(=O)n1C2)COC(=O)C3(CC)OC(=O)OCC(NC(=O)C(CCCCN)CC(=O)COCC(=O)CCCOCn1cc(CCC(=O)C2CCC(CN3C(=O)C=CC3=O)CC2)nn1)C(C)C. The largest absolute Gasteiger partial charge is 0.509 e. The van der Waals surface area contributed by atoms with E-state index in [9.17, 15) is 48.3 Å². The van der Waals surface area contributed by atoms with Gasteiger partial charge in [-0.2, -0.15) is 0 Å². The lowest BCUT2D eigenvalue weighted by Gasteiger charge is -2.35. The van der Waals surface area contributed by atoms with Gasteiger partial charge in [0, 0.05) is 79.3 Å². The van der Waals surface area contributed by atoms with Gasteiger partial charge in [-0.3, -0.25) is 38.5 Å². The van der Waals surface area contributed by atoms with Crippen LogP contribution in [0.4, 0.5) is 4.79 Å². The van der Waals surface area contributed by atoms with Gasteiger partial charge in [-0.15, -0.1) is 5.10 Å². The van der Waals surface area contributed by atoms with E-state index in [1.807, 2.05) is 20.8 Å². The lowest BCUT2D eigenvalue weighted by Crippen LogP contribution is -2.48. The number of phenols is 1. The van der Waals surface area contributed by atoms with Crippen molar-refractivity contribution in [3.63, 3.8) is 0 Å². The molecule has 23 heteroatoms. The Morgan fingerprint density at radius 2 is 1.68 bits per heavy atom. The predicted molar refractivity (Wildman–Crippen MR) is 294 cm³/mol. The number of imide groups is 1. The quantitative estimate of drug-likeness (QED) is 0.0301. The number of esters is 1. The molecule has 23 nitrogen and oxygen atoms in total. The van der Waals surface area contributed by atoms with Crippen LogP contribution < -0.4 is 16.6 Å². The summed E-state index contributed by atoms with van der Waals surface area (Å²) < 4.78 is 31.2. The van der Waals surface area contributed by atoms with Gasteiger partial charge in [0.15, 0.2) is 11.6 Å². The number of nitrogens with one attached hydrogen (secondary N) is 1. The summed E-state index contributed by atoms with van der Waals surface area (Å²) in [5.41, 5.74) is 7.56. The molecule has 0 bridgehead atoms. The first kappa shape index (κ1) is 60.6. The molecule has 1 aromatic carbocycles. The average Bonchev–Trinajstić information content (AvgIpc) is 4.33. The number of cyclic esters (lactones) is 1. The Labute approximate surface area is 474 Å². The lowest BCUT2D eigenvalue weighted by molar-refractivity contribution is -0.175. The molecular weight excluding hydrogens is 1060 g/mol. The number of amides is 3. The highest BCUT2D eigenvalue weighted by atomic mass is 16.7. The molecule has 82 heavy (non-hydrogen) atoms. The summed E-state index contributed by atoms with van der Waals surface area (Å²) >= 11 is 0. The molecule has 0 saturated heterocycles. The number of carbonyl (C=O) groups excluding carboxylic acids is 8. The van der Waals surface area contributed by atoms with Gasteiger partial charge in [0.1, 0.15) is 44.7 Å². The van der Waals surface area contributed by atoms with Crippen molar-refractivity contribution < 1.29 is 67.1 Å². The molecule has 3 atom stereocenters. The number of ketones is 3. The number of aromatic nitrogens is 5. The first-order valence-corrected chi connectivity index (χ1v) is 28.5. The Morgan fingerprint density at radius 3 is 2.40 bits per heavy atom. The number of ether oxygens (including phenoxy) is 5. The van der Waals surface area contributed by atoms with E-state index in [0.717, 1.165) is 42.2 Å². The molecule has 0 spiro atoms. The maximum atomic E-state index is 14.2. The van der Waals surface area contributed by atoms with Gasteiger partial charge in [-0.1, -0.05) is 39.3 Å². The zero-order valence-electron chi connectivity index (χ0n) is 47.1. The summed E-state index contributed by atoms with van der Waals surface area (Å²) in [6.45, 7) is 7.15. The molecule has 3 unspecified atom stereocenters. The molecule has 8 rings (SSSR count). The van der Waals surface area contributed by atoms with E-state index in [1.165, 1.54) is 27.8 Å². The van der Waals surface area contributed by atoms with Gasteiger partial charge in [-0.25, -0.2) is 19.3 Å². The lowest BCUT2D eigenvalue weighted by atomic mass is 9.79. The number of fused-ring (bicyclic) bond motifs is 5. The highest BCUT2D eigenvalue weighted by Gasteiger charge is 2.51. The fraction of sp³-hybridized carbons (Fsp3) is 0.559. The Morgan fingerprint density at radius 1 is 0.927 bits per heavy atom. The Bertz CT molecular complexity index is 3140. The fourth-order valence-corrected chi connectivity index (χ4v) is 11.3. The molecule has 4 aliphatic rings. The summed E-state index contributed by atoms with van der Waals surface area (Å²) in [5.74, 6) is -3.19. The minimum Gasteiger partial charge on any atom is -0.508 e. The van der Waals surface area contributed by atoms with E-state index in [1.54, 1.807) is 35.9 Å². The zero-order chi connectivity index (χ0) is 58.7. The van der Waals surface area contributed by atoms with E-state index in [4.69, 9.17) is 34.4 Å². The summed E-state index contributed by atoms with van der Waals surface area (Å²) in [4.78, 5) is 124. The Hall–Kier alpha value is -7.50. The summed E-state index contributed by atoms with van der Waals surface area (Å²) in [5, 5.41) is 22.2. The van der Waals surface area contributed by atoms with Crippen LogP contribution in [0, 0.1) is 23.7 Å². The van der Waals surface area contributed by atoms with Crippen molar-refractivity contribution in [2.24, 2.45) is 29.4 Å². The van der Waals surface area contributed by atoms with Crippen molar-refractivity contribution in [3.8, 4) is 17.1 Å².